The van der Waals surface area contributed by atoms with Gasteiger partial charge in [0.2, 0.25) is 0 Å². The predicted molar refractivity (Wildman–Crippen MR) is 60.8 cm³/mol. The fourth-order valence-electron chi connectivity index (χ4n) is 2.14. The predicted octanol–water partition coefficient (Wildman–Crippen LogP) is 2.49. The van der Waals surface area contributed by atoms with Crippen molar-refractivity contribution in [3.8, 4) is 5.75 Å². The summed E-state index contributed by atoms with van der Waals surface area (Å²) < 4.78 is 5.43. The molecule has 0 saturated carbocycles. The molecule has 0 amide bonds. The summed E-state index contributed by atoms with van der Waals surface area (Å²) in [5.74, 6) is 0.760. The fourth-order valence-corrected chi connectivity index (χ4v) is 3.33. The standard InChI is InChI=1S/C12H11O2P/c13-15-12-8-4-2-6-10(12)9-5-1-3-7-11(9)14-15/h1,3,5-7H,2,4,8H2. The van der Waals surface area contributed by atoms with Crippen LogP contribution in [0.1, 0.15) is 24.8 Å². The second-order valence-corrected chi connectivity index (χ2v) is 5.04. The zero-order valence-corrected chi connectivity index (χ0v) is 9.17. The van der Waals surface area contributed by atoms with Gasteiger partial charge in [-0.05, 0) is 18.9 Å². The van der Waals surface area contributed by atoms with E-state index in [1.54, 1.807) is 0 Å². The van der Waals surface area contributed by atoms with Gasteiger partial charge in [-0.3, -0.25) is 4.52 Å². The van der Waals surface area contributed by atoms with Crippen molar-refractivity contribution in [1.29, 1.82) is 0 Å². The highest BCUT2D eigenvalue weighted by atomic mass is 31.1. The Morgan fingerprint density at radius 3 is 3.07 bits per heavy atom. The van der Waals surface area contributed by atoms with Crippen LogP contribution in [0.5, 0.6) is 5.75 Å². The third-order valence-electron chi connectivity index (χ3n) is 2.86. The molecule has 76 valence electrons. The van der Waals surface area contributed by atoms with Gasteiger partial charge in [0.15, 0.2) is 11.0 Å². The molecule has 2 aliphatic rings. The van der Waals surface area contributed by atoms with Crippen LogP contribution in [0, 0.1) is 0 Å². The lowest BCUT2D eigenvalue weighted by atomic mass is 9.93. The van der Waals surface area contributed by atoms with Gasteiger partial charge in [0.1, 0.15) is 0 Å². The van der Waals surface area contributed by atoms with Crippen LogP contribution >= 0.6 is 8.00 Å². The largest absolute Gasteiger partial charge is 0.595 e. The Morgan fingerprint density at radius 2 is 2.13 bits per heavy atom. The SMILES string of the molecule is [O-][P+]1=C2CCCC=C2c2ccccc2O1. The molecule has 0 spiro atoms. The highest BCUT2D eigenvalue weighted by molar-refractivity contribution is 7.49. The minimum absolute atomic E-state index is 0.760. The molecular weight excluding hydrogens is 207 g/mol. The van der Waals surface area contributed by atoms with Gasteiger partial charge in [-0.1, -0.05) is 24.3 Å². The van der Waals surface area contributed by atoms with Gasteiger partial charge in [-0.2, -0.15) is 0 Å². The fraction of sp³-hybridized carbons (Fsp3) is 0.250. The topological polar surface area (TPSA) is 32.3 Å². The Morgan fingerprint density at radius 1 is 1.27 bits per heavy atom. The normalized spacial score (nSPS) is 21.3. The van der Waals surface area contributed by atoms with Crippen molar-refractivity contribution in [3.05, 3.63) is 35.9 Å². The van der Waals surface area contributed by atoms with Gasteiger partial charge in [0, 0.05) is 17.6 Å². The van der Waals surface area contributed by atoms with Gasteiger partial charge < -0.3 is 4.89 Å². The maximum absolute atomic E-state index is 11.8. The molecule has 0 bridgehead atoms. The van der Waals surface area contributed by atoms with E-state index in [9.17, 15) is 4.89 Å². The second-order valence-electron chi connectivity index (χ2n) is 3.80. The van der Waals surface area contributed by atoms with E-state index in [1.165, 1.54) is 0 Å². The molecule has 0 N–H and O–H groups in total. The van der Waals surface area contributed by atoms with E-state index >= 15 is 0 Å². The lowest BCUT2D eigenvalue weighted by Crippen LogP contribution is -2.16. The summed E-state index contributed by atoms with van der Waals surface area (Å²) in [6.07, 6.45) is 5.27. The van der Waals surface area contributed by atoms with Gasteiger partial charge >= 0.3 is 0 Å². The van der Waals surface area contributed by atoms with E-state index in [-0.39, 0.29) is 0 Å². The van der Waals surface area contributed by atoms with E-state index in [2.05, 4.69) is 6.08 Å². The number of fused-ring (bicyclic) bond motifs is 3. The van der Waals surface area contributed by atoms with E-state index < -0.39 is 8.00 Å². The lowest BCUT2D eigenvalue weighted by Gasteiger charge is -2.20. The molecular formula is C12H11O2P. The summed E-state index contributed by atoms with van der Waals surface area (Å²) in [4.78, 5) is 11.8. The molecule has 15 heavy (non-hydrogen) atoms. The molecule has 1 aromatic carbocycles. The average Bonchev–Trinajstić information content (AvgIpc) is 2.30. The molecule has 1 atom stereocenters. The van der Waals surface area contributed by atoms with E-state index in [0.717, 1.165) is 41.4 Å². The number of allylic oxidation sites excluding steroid dienone is 2. The van der Waals surface area contributed by atoms with E-state index in [1.807, 2.05) is 24.3 Å². The maximum atomic E-state index is 11.8. The van der Waals surface area contributed by atoms with Crippen molar-refractivity contribution in [2.75, 3.05) is 0 Å². The first kappa shape index (κ1) is 9.14. The Hall–Kier alpha value is -1.11. The molecule has 1 aliphatic carbocycles. The van der Waals surface area contributed by atoms with Crippen LogP contribution in [0.2, 0.25) is 0 Å². The molecule has 3 heteroatoms. The number of hydrogen-bond donors (Lipinski definition) is 0. The first-order valence-corrected chi connectivity index (χ1v) is 6.35. The first-order chi connectivity index (χ1) is 7.36. The smallest absolute Gasteiger partial charge is 0.281 e. The van der Waals surface area contributed by atoms with Crippen LogP contribution < -0.4 is 9.42 Å². The summed E-state index contributed by atoms with van der Waals surface area (Å²) in [7, 11) is -1.64. The van der Waals surface area contributed by atoms with Gasteiger partial charge in [-0.15, -0.1) is 0 Å². The van der Waals surface area contributed by atoms with Crippen LogP contribution in [0.15, 0.2) is 30.3 Å². The van der Waals surface area contributed by atoms with Crippen LogP contribution in [0.3, 0.4) is 0 Å². The van der Waals surface area contributed by atoms with Gasteiger partial charge in [0.25, 0.3) is 8.00 Å². The van der Waals surface area contributed by atoms with Crippen molar-refractivity contribution in [3.63, 3.8) is 0 Å². The average molecular weight is 218 g/mol. The highest BCUT2D eigenvalue weighted by Gasteiger charge is 2.29. The molecule has 0 saturated heterocycles. The monoisotopic (exact) mass is 218 g/mol. The highest BCUT2D eigenvalue weighted by Crippen LogP contribution is 2.42. The Kier molecular flexibility index (Phi) is 2.12. The van der Waals surface area contributed by atoms with Crippen LogP contribution in [0.25, 0.3) is 5.57 Å². The Balaban J connectivity index is 2.21. The first-order valence-electron chi connectivity index (χ1n) is 5.17. The minimum atomic E-state index is -1.64. The molecule has 1 unspecified atom stereocenters. The van der Waals surface area contributed by atoms with Crippen LogP contribution in [-0.2, 0) is 0 Å². The van der Waals surface area contributed by atoms with Crippen LogP contribution in [0.4, 0.5) is 0 Å². The maximum Gasteiger partial charge on any atom is 0.281 e. The number of hydrogen-bond acceptors (Lipinski definition) is 2. The Bertz CT molecular complexity index is 474. The molecule has 1 heterocycles. The molecule has 2 nitrogen and oxygen atoms in total. The molecule has 1 aliphatic heterocycles. The zero-order valence-electron chi connectivity index (χ0n) is 8.27. The molecule has 1 aromatic rings. The molecule has 0 radical (unpaired) electrons. The summed E-state index contributed by atoms with van der Waals surface area (Å²) in [5, 5.41) is 0.995. The molecule has 0 aromatic heterocycles. The lowest BCUT2D eigenvalue weighted by molar-refractivity contribution is -0.165. The molecule has 3 rings (SSSR count). The van der Waals surface area contributed by atoms with Gasteiger partial charge in [-0.25, -0.2) is 0 Å². The summed E-state index contributed by atoms with van der Waals surface area (Å²) >= 11 is 0. The Labute approximate surface area is 89.8 Å². The summed E-state index contributed by atoms with van der Waals surface area (Å²) in [6.45, 7) is 0. The number of rotatable bonds is 0. The molecule has 0 fully saturated rings. The summed E-state index contributed by atoms with van der Waals surface area (Å²) in [5.41, 5.74) is 2.26. The van der Waals surface area contributed by atoms with Crippen molar-refractivity contribution in [2.45, 2.75) is 19.3 Å². The van der Waals surface area contributed by atoms with Crippen molar-refractivity contribution < 1.29 is 9.42 Å². The van der Waals surface area contributed by atoms with Gasteiger partial charge in [0.05, 0.1) is 0 Å². The second kappa shape index (κ2) is 3.48. The van der Waals surface area contributed by atoms with Crippen LogP contribution in [-0.4, -0.2) is 5.29 Å². The number of para-hydroxylation sites is 1. The van der Waals surface area contributed by atoms with Crippen molar-refractivity contribution in [2.24, 2.45) is 0 Å². The van der Waals surface area contributed by atoms with E-state index in [4.69, 9.17) is 4.52 Å². The third-order valence-corrected chi connectivity index (χ3v) is 4.12. The zero-order chi connectivity index (χ0) is 10.3. The number of benzene rings is 1. The quantitative estimate of drug-likeness (QED) is 0.626. The van der Waals surface area contributed by atoms with Crippen molar-refractivity contribution >= 4 is 18.9 Å². The van der Waals surface area contributed by atoms with E-state index in [0.29, 0.717) is 0 Å². The minimum Gasteiger partial charge on any atom is -0.595 e. The van der Waals surface area contributed by atoms with Crippen molar-refractivity contribution in [1.82, 2.24) is 0 Å². The summed E-state index contributed by atoms with van der Waals surface area (Å²) in [6, 6.07) is 7.83. The third kappa shape index (κ3) is 1.41.